The molecule has 0 atom stereocenters. The van der Waals surface area contributed by atoms with Gasteiger partial charge in [-0.3, -0.25) is 14.9 Å². The number of nitrogens with zero attached hydrogens (tertiary/aromatic N) is 1. The Balaban J connectivity index is 2.08. The van der Waals surface area contributed by atoms with Gasteiger partial charge in [-0.1, -0.05) is 30.3 Å². The first-order valence-corrected chi connectivity index (χ1v) is 6.14. The summed E-state index contributed by atoms with van der Waals surface area (Å²) in [6, 6.07) is 13.3. The molecule has 0 spiro atoms. The average Bonchev–Trinajstić information content (AvgIpc) is 2.41. The number of Topliss-reactive ketones (excluding diaryl/α,β-unsaturated/α-hetero) is 1. The van der Waals surface area contributed by atoms with E-state index in [9.17, 15) is 14.9 Å². The second-order valence-corrected chi connectivity index (χ2v) is 4.52. The smallest absolute Gasteiger partial charge is 0.273 e. The predicted octanol–water partition coefficient (Wildman–Crippen LogP) is 2.53. The van der Waals surface area contributed by atoms with Gasteiger partial charge in [-0.25, -0.2) is 0 Å². The number of anilines is 1. The highest BCUT2D eigenvalue weighted by molar-refractivity contribution is 5.84. The van der Waals surface area contributed by atoms with Crippen molar-refractivity contribution < 1.29 is 9.72 Å². The van der Waals surface area contributed by atoms with E-state index in [1.165, 1.54) is 6.07 Å². The number of rotatable bonds is 5. The van der Waals surface area contributed by atoms with E-state index in [1.807, 2.05) is 0 Å². The Bertz CT molecular complexity index is 636. The minimum atomic E-state index is -0.466. The summed E-state index contributed by atoms with van der Waals surface area (Å²) in [6.45, 7) is 0. The van der Waals surface area contributed by atoms with E-state index in [-0.39, 0.29) is 24.3 Å². The summed E-state index contributed by atoms with van der Waals surface area (Å²) in [4.78, 5) is 22.4. The standard InChI is InChI=1S/C15H14N2O3/c16-13-7-5-11(6-8-13)9-14(18)10-12-3-1-2-4-15(12)17(19)20/h1-8H,9-10,16H2. The molecule has 0 aliphatic rings. The van der Waals surface area contributed by atoms with Crippen LogP contribution in [0.5, 0.6) is 0 Å². The van der Waals surface area contributed by atoms with Gasteiger partial charge in [0.2, 0.25) is 0 Å². The number of ketones is 1. The van der Waals surface area contributed by atoms with Gasteiger partial charge in [0, 0.05) is 30.2 Å². The van der Waals surface area contributed by atoms with Crippen molar-refractivity contribution in [3.63, 3.8) is 0 Å². The molecule has 0 heterocycles. The first-order chi connectivity index (χ1) is 9.56. The third-order valence-electron chi connectivity index (χ3n) is 2.96. The van der Waals surface area contributed by atoms with Crippen molar-refractivity contribution in [2.45, 2.75) is 12.8 Å². The van der Waals surface area contributed by atoms with Gasteiger partial charge < -0.3 is 5.73 Å². The fourth-order valence-electron chi connectivity index (χ4n) is 1.98. The number of para-hydroxylation sites is 1. The largest absolute Gasteiger partial charge is 0.399 e. The highest BCUT2D eigenvalue weighted by Gasteiger charge is 2.15. The Labute approximate surface area is 116 Å². The Morgan fingerprint density at radius 2 is 1.70 bits per heavy atom. The maximum absolute atomic E-state index is 12.0. The lowest BCUT2D eigenvalue weighted by atomic mass is 10.0. The molecule has 0 bridgehead atoms. The van der Waals surface area contributed by atoms with Crippen LogP contribution in [0.15, 0.2) is 48.5 Å². The van der Waals surface area contributed by atoms with Gasteiger partial charge in [-0.2, -0.15) is 0 Å². The number of nitro benzene ring substituents is 1. The zero-order chi connectivity index (χ0) is 14.5. The molecule has 5 nitrogen and oxygen atoms in total. The van der Waals surface area contributed by atoms with Gasteiger partial charge in [0.15, 0.2) is 0 Å². The number of carbonyl (C=O) groups is 1. The second-order valence-electron chi connectivity index (χ2n) is 4.52. The van der Waals surface area contributed by atoms with E-state index < -0.39 is 4.92 Å². The molecule has 0 fully saturated rings. The SMILES string of the molecule is Nc1ccc(CC(=O)Cc2ccccc2[N+](=O)[O-])cc1. The molecule has 0 radical (unpaired) electrons. The number of hydrogen-bond donors (Lipinski definition) is 1. The molecule has 20 heavy (non-hydrogen) atoms. The lowest BCUT2D eigenvalue weighted by Crippen LogP contribution is -2.08. The van der Waals surface area contributed by atoms with Gasteiger partial charge in [0.1, 0.15) is 5.78 Å². The molecular weight excluding hydrogens is 256 g/mol. The average molecular weight is 270 g/mol. The zero-order valence-corrected chi connectivity index (χ0v) is 10.8. The Hall–Kier alpha value is -2.69. The summed E-state index contributed by atoms with van der Waals surface area (Å²) in [6.07, 6.45) is 0.299. The summed E-state index contributed by atoms with van der Waals surface area (Å²) < 4.78 is 0. The summed E-state index contributed by atoms with van der Waals surface area (Å²) in [7, 11) is 0. The molecule has 0 saturated heterocycles. The van der Waals surface area contributed by atoms with Crippen LogP contribution in [0.2, 0.25) is 0 Å². The number of benzene rings is 2. The fraction of sp³-hybridized carbons (Fsp3) is 0.133. The van der Waals surface area contributed by atoms with Crippen molar-refractivity contribution in [1.82, 2.24) is 0 Å². The van der Waals surface area contributed by atoms with Gasteiger partial charge >= 0.3 is 0 Å². The molecular formula is C15H14N2O3. The minimum Gasteiger partial charge on any atom is -0.399 e. The van der Waals surface area contributed by atoms with Crippen LogP contribution in [0, 0.1) is 10.1 Å². The Morgan fingerprint density at radius 1 is 1.05 bits per heavy atom. The van der Waals surface area contributed by atoms with Crippen molar-refractivity contribution in [2.24, 2.45) is 0 Å². The minimum absolute atomic E-state index is 0.0156. The summed E-state index contributed by atoms with van der Waals surface area (Å²) in [5.74, 6) is -0.0657. The zero-order valence-electron chi connectivity index (χ0n) is 10.8. The van der Waals surface area contributed by atoms with Crippen LogP contribution in [-0.2, 0) is 17.6 Å². The maximum Gasteiger partial charge on any atom is 0.273 e. The molecule has 0 aliphatic carbocycles. The van der Waals surface area contributed by atoms with Crippen molar-refractivity contribution in [1.29, 1.82) is 0 Å². The van der Waals surface area contributed by atoms with Crippen LogP contribution in [0.4, 0.5) is 11.4 Å². The van der Waals surface area contributed by atoms with Gasteiger partial charge in [0.25, 0.3) is 5.69 Å². The van der Waals surface area contributed by atoms with Crippen molar-refractivity contribution >= 4 is 17.2 Å². The van der Waals surface area contributed by atoms with Crippen LogP contribution < -0.4 is 5.73 Å². The highest BCUT2D eigenvalue weighted by atomic mass is 16.6. The number of nitrogens with two attached hydrogens (primary N) is 1. The van der Waals surface area contributed by atoms with Crippen molar-refractivity contribution in [2.75, 3.05) is 5.73 Å². The van der Waals surface area contributed by atoms with E-state index >= 15 is 0 Å². The number of carbonyl (C=O) groups excluding carboxylic acids is 1. The summed E-state index contributed by atoms with van der Waals surface area (Å²) in [5.41, 5.74) is 7.49. The Kier molecular flexibility index (Phi) is 4.10. The lowest BCUT2D eigenvalue weighted by molar-refractivity contribution is -0.385. The molecule has 0 aromatic heterocycles. The van der Waals surface area contributed by atoms with E-state index in [0.717, 1.165) is 5.56 Å². The molecule has 0 saturated carbocycles. The van der Waals surface area contributed by atoms with E-state index in [2.05, 4.69) is 0 Å². The van der Waals surface area contributed by atoms with Gasteiger partial charge in [-0.15, -0.1) is 0 Å². The molecule has 0 aliphatic heterocycles. The molecule has 0 unspecified atom stereocenters. The molecule has 2 N–H and O–H groups in total. The van der Waals surface area contributed by atoms with Gasteiger partial charge in [0.05, 0.1) is 4.92 Å². The second kappa shape index (κ2) is 5.97. The van der Waals surface area contributed by atoms with Crippen LogP contribution >= 0.6 is 0 Å². The summed E-state index contributed by atoms with van der Waals surface area (Å²) >= 11 is 0. The van der Waals surface area contributed by atoms with Crippen molar-refractivity contribution in [3.05, 3.63) is 69.8 Å². The first-order valence-electron chi connectivity index (χ1n) is 6.14. The molecule has 2 aromatic rings. The first kappa shape index (κ1) is 13.7. The lowest BCUT2D eigenvalue weighted by Gasteiger charge is -2.03. The fourth-order valence-corrected chi connectivity index (χ4v) is 1.98. The normalized spacial score (nSPS) is 10.2. The molecule has 102 valence electrons. The summed E-state index contributed by atoms with van der Waals surface area (Å²) in [5, 5.41) is 10.9. The van der Waals surface area contributed by atoms with Crippen LogP contribution in [0.1, 0.15) is 11.1 Å². The third-order valence-corrected chi connectivity index (χ3v) is 2.96. The third kappa shape index (κ3) is 3.41. The predicted molar refractivity (Wildman–Crippen MR) is 76.4 cm³/mol. The van der Waals surface area contributed by atoms with Crippen molar-refractivity contribution in [3.8, 4) is 0 Å². The van der Waals surface area contributed by atoms with Gasteiger partial charge in [-0.05, 0) is 17.7 Å². The maximum atomic E-state index is 12.0. The quantitative estimate of drug-likeness (QED) is 0.514. The van der Waals surface area contributed by atoms with E-state index in [1.54, 1.807) is 42.5 Å². The van der Waals surface area contributed by atoms with E-state index in [4.69, 9.17) is 5.73 Å². The molecule has 5 heteroatoms. The topological polar surface area (TPSA) is 86.2 Å². The molecule has 0 amide bonds. The van der Waals surface area contributed by atoms with Crippen LogP contribution in [0.3, 0.4) is 0 Å². The van der Waals surface area contributed by atoms with E-state index in [0.29, 0.717) is 11.3 Å². The number of hydrogen-bond acceptors (Lipinski definition) is 4. The number of nitro groups is 1. The monoisotopic (exact) mass is 270 g/mol. The van der Waals surface area contributed by atoms with Crippen LogP contribution in [-0.4, -0.2) is 10.7 Å². The molecule has 2 rings (SSSR count). The highest BCUT2D eigenvalue weighted by Crippen LogP contribution is 2.19. The van der Waals surface area contributed by atoms with Crippen LogP contribution in [0.25, 0.3) is 0 Å². The molecule has 2 aromatic carbocycles. The Morgan fingerprint density at radius 3 is 2.35 bits per heavy atom. The number of nitrogen functional groups attached to an aromatic ring is 1.